The molecule has 3 saturated carbocycles. The molecule has 0 amide bonds. The molecular formula is C16H27NO2. The van der Waals surface area contributed by atoms with Crippen LogP contribution in [0, 0.1) is 23.7 Å². The minimum Gasteiger partial charge on any atom is -0.481 e. The zero-order valence-corrected chi connectivity index (χ0v) is 12.0. The predicted octanol–water partition coefficient (Wildman–Crippen LogP) is 3.04. The average molecular weight is 265 g/mol. The van der Waals surface area contributed by atoms with Crippen LogP contribution in [0.2, 0.25) is 0 Å². The van der Waals surface area contributed by atoms with Gasteiger partial charge in [0.1, 0.15) is 0 Å². The van der Waals surface area contributed by atoms with E-state index >= 15 is 0 Å². The molecule has 6 atom stereocenters. The SMILES string of the molecule is CC1CCCC(NC2C3CCC(C3)C2C(=O)O)CC1. The Bertz CT molecular complexity index is 344. The first-order chi connectivity index (χ1) is 9.15. The largest absolute Gasteiger partial charge is 0.481 e. The maximum absolute atomic E-state index is 11.5. The van der Waals surface area contributed by atoms with Crippen molar-refractivity contribution >= 4 is 5.97 Å². The van der Waals surface area contributed by atoms with Crippen LogP contribution in [0.25, 0.3) is 0 Å². The molecule has 108 valence electrons. The minimum atomic E-state index is -0.563. The van der Waals surface area contributed by atoms with Crippen LogP contribution in [0.15, 0.2) is 0 Å². The Hall–Kier alpha value is -0.570. The molecule has 0 aromatic carbocycles. The zero-order valence-electron chi connectivity index (χ0n) is 12.0. The topological polar surface area (TPSA) is 49.3 Å². The average Bonchev–Trinajstić information content (AvgIpc) is 2.90. The number of fused-ring (bicyclic) bond motifs is 2. The highest BCUT2D eigenvalue weighted by molar-refractivity contribution is 5.72. The van der Waals surface area contributed by atoms with Crippen LogP contribution in [0.4, 0.5) is 0 Å². The van der Waals surface area contributed by atoms with Crippen molar-refractivity contribution in [1.82, 2.24) is 5.32 Å². The molecule has 0 heterocycles. The van der Waals surface area contributed by atoms with Gasteiger partial charge < -0.3 is 10.4 Å². The highest BCUT2D eigenvalue weighted by atomic mass is 16.4. The quantitative estimate of drug-likeness (QED) is 0.771. The predicted molar refractivity (Wildman–Crippen MR) is 74.9 cm³/mol. The van der Waals surface area contributed by atoms with Gasteiger partial charge in [0.2, 0.25) is 0 Å². The van der Waals surface area contributed by atoms with Crippen molar-refractivity contribution in [3.8, 4) is 0 Å². The van der Waals surface area contributed by atoms with Gasteiger partial charge in [0.05, 0.1) is 5.92 Å². The van der Waals surface area contributed by atoms with E-state index in [1.165, 1.54) is 38.5 Å². The summed E-state index contributed by atoms with van der Waals surface area (Å²) >= 11 is 0. The standard InChI is InChI=1S/C16H27NO2/c1-10-3-2-4-13(8-5-10)17-15-12-7-6-11(9-12)14(15)16(18)19/h10-15,17H,2-9H2,1H3,(H,18,19). The Labute approximate surface area is 116 Å². The van der Waals surface area contributed by atoms with Gasteiger partial charge in [-0.25, -0.2) is 0 Å². The normalized spacial score (nSPS) is 46.2. The van der Waals surface area contributed by atoms with Gasteiger partial charge in [-0.15, -0.1) is 0 Å². The summed E-state index contributed by atoms with van der Waals surface area (Å²) < 4.78 is 0. The first-order valence-corrected chi connectivity index (χ1v) is 8.14. The number of nitrogens with one attached hydrogen (secondary N) is 1. The van der Waals surface area contributed by atoms with E-state index in [0.29, 0.717) is 17.9 Å². The van der Waals surface area contributed by atoms with Gasteiger partial charge in [0.15, 0.2) is 0 Å². The lowest BCUT2D eigenvalue weighted by molar-refractivity contribution is -0.144. The Morgan fingerprint density at radius 2 is 1.84 bits per heavy atom. The fourth-order valence-electron chi connectivity index (χ4n) is 4.81. The maximum Gasteiger partial charge on any atom is 0.308 e. The highest BCUT2D eigenvalue weighted by Crippen LogP contribution is 2.49. The lowest BCUT2D eigenvalue weighted by Crippen LogP contribution is -2.48. The van der Waals surface area contributed by atoms with Gasteiger partial charge in [-0.3, -0.25) is 4.79 Å². The van der Waals surface area contributed by atoms with E-state index in [2.05, 4.69) is 12.2 Å². The third kappa shape index (κ3) is 2.67. The molecule has 3 fully saturated rings. The second-order valence-electron chi connectivity index (χ2n) is 7.20. The number of carbonyl (C=O) groups is 1. The Balaban J connectivity index is 1.63. The summed E-state index contributed by atoms with van der Waals surface area (Å²) in [6.45, 7) is 2.35. The molecule has 0 aromatic heterocycles. The summed E-state index contributed by atoms with van der Waals surface area (Å²) in [4.78, 5) is 11.5. The molecule has 19 heavy (non-hydrogen) atoms. The maximum atomic E-state index is 11.5. The molecule has 2 N–H and O–H groups in total. The van der Waals surface area contributed by atoms with E-state index in [4.69, 9.17) is 0 Å². The smallest absolute Gasteiger partial charge is 0.308 e. The fraction of sp³-hybridized carbons (Fsp3) is 0.938. The van der Waals surface area contributed by atoms with Crippen LogP contribution in [0.3, 0.4) is 0 Å². The first-order valence-electron chi connectivity index (χ1n) is 8.14. The molecule has 0 aliphatic heterocycles. The molecule has 0 spiro atoms. The van der Waals surface area contributed by atoms with E-state index in [9.17, 15) is 9.90 Å². The van der Waals surface area contributed by atoms with Crippen molar-refractivity contribution < 1.29 is 9.90 Å². The van der Waals surface area contributed by atoms with Crippen LogP contribution < -0.4 is 5.32 Å². The Morgan fingerprint density at radius 3 is 2.63 bits per heavy atom. The first kappa shape index (κ1) is 13.4. The number of carboxylic acids is 1. The summed E-state index contributed by atoms with van der Waals surface area (Å²) in [7, 11) is 0. The molecule has 3 nitrogen and oxygen atoms in total. The number of rotatable bonds is 3. The van der Waals surface area contributed by atoms with Crippen LogP contribution >= 0.6 is 0 Å². The summed E-state index contributed by atoms with van der Waals surface area (Å²) in [6, 6.07) is 0.825. The Kier molecular flexibility index (Phi) is 3.84. The molecule has 2 bridgehead atoms. The van der Waals surface area contributed by atoms with Gasteiger partial charge in [0, 0.05) is 12.1 Å². The summed E-state index contributed by atoms with van der Waals surface area (Å²) in [5.41, 5.74) is 0. The molecule has 6 unspecified atom stereocenters. The van der Waals surface area contributed by atoms with E-state index < -0.39 is 5.97 Å². The zero-order chi connectivity index (χ0) is 13.4. The van der Waals surface area contributed by atoms with Crippen molar-refractivity contribution in [3.05, 3.63) is 0 Å². The van der Waals surface area contributed by atoms with Crippen molar-refractivity contribution in [2.75, 3.05) is 0 Å². The molecule has 0 saturated heterocycles. The molecule has 3 aliphatic rings. The second kappa shape index (κ2) is 5.43. The van der Waals surface area contributed by atoms with Gasteiger partial charge in [-0.05, 0) is 56.3 Å². The van der Waals surface area contributed by atoms with E-state index in [1.54, 1.807) is 0 Å². The summed E-state index contributed by atoms with van der Waals surface area (Å²) in [5, 5.41) is 13.3. The van der Waals surface area contributed by atoms with E-state index in [1.807, 2.05) is 0 Å². The number of carboxylic acid groups (broad SMARTS) is 1. The van der Waals surface area contributed by atoms with Crippen molar-refractivity contribution in [2.45, 2.75) is 70.4 Å². The van der Waals surface area contributed by atoms with Crippen LogP contribution in [0.1, 0.15) is 58.3 Å². The molecule has 3 heteroatoms. The lowest BCUT2D eigenvalue weighted by atomic mass is 9.83. The van der Waals surface area contributed by atoms with Crippen molar-refractivity contribution in [2.24, 2.45) is 23.7 Å². The van der Waals surface area contributed by atoms with Crippen molar-refractivity contribution in [3.63, 3.8) is 0 Å². The summed E-state index contributed by atoms with van der Waals surface area (Å²) in [5.74, 6) is 1.25. The number of hydrogen-bond acceptors (Lipinski definition) is 2. The minimum absolute atomic E-state index is 0.112. The monoisotopic (exact) mass is 265 g/mol. The van der Waals surface area contributed by atoms with Gasteiger partial charge >= 0.3 is 5.97 Å². The third-order valence-corrected chi connectivity index (χ3v) is 5.89. The van der Waals surface area contributed by atoms with Crippen LogP contribution in [0.5, 0.6) is 0 Å². The van der Waals surface area contributed by atoms with Crippen LogP contribution in [-0.2, 0) is 4.79 Å². The molecule has 3 rings (SSSR count). The number of aliphatic carboxylic acids is 1. The Morgan fingerprint density at radius 1 is 1.05 bits per heavy atom. The molecule has 0 aromatic rings. The summed E-state index contributed by atoms with van der Waals surface area (Å²) in [6.07, 6.45) is 9.96. The van der Waals surface area contributed by atoms with E-state index in [-0.39, 0.29) is 12.0 Å². The second-order valence-corrected chi connectivity index (χ2v) is 7.20. The van der Waals surface area contributed by atoms with Crippen molar-refractivity contribution in [1.29, 1.82) is 0 Å². The third-order valence-electron chi connectivity index (χ3n) is 5.89. The van der Waals surface area contributed by atoms with Gasteiger partial charge in [-0.1, -0.05) is 19.8 Å². The molecular weight excluding hydrogens is 238 g/mol. The van der Waals surface area contributed by atoms with Gasteiger partial charge in [-0.2, -0.15) is 0 Å². The lowest BCUT2D eigenvalue weighted by Gasteiger charge is -2.32. The molecule has 0 radical (unpaired) electrons. The highest BCUT2D eigenvalue weighted by Gasteiger charge is 2.51. The van der Waals surface area contributed by atoms with Crippen LogP contribution in [-0.4, -0.2) is 23.2 Å². The fourth-order valence-corrected chi connectivity index (χ4v) is 4.81. The van der Waals surface area contributed by atoms with Gasteiger partial charge in [0.25, 0.3) is 0 Å². The van der Waals surface area contributed by atoms with E-state index in [0.717, 1.165) is 18.8 Å². The number of hydrogen-bond donors (Lipinski definition) is 2. The molecule has 3 aliphatic carbocycles.